The van der Waals surface area contributed by atoms with Gasteiger partial charge >= 0.3 is 0 Å². The number of furan rings is 2. The van der Waals surface area contributed by atoms with E-state index in [-0.39, 0.29) is 0 Å². The van der Waals surface area contributed by atoms with Crippen LogP contribution in [0.15, 0.2) is 118 Å². The van der Waals surface area contributed by atoms with Crippen molar-refractivity contribution < 1.29 is 8.83 Å². The monoisotopic (exact) mass is 616 g/mol. The fourth-order valence-electron chi connectivity index (χ4n) is 6.75. The summed E-state index contributed by atoms with van der Waals surface area (Å²) in [6.07, 6.45) is 14.1. The molecule has 12 bridgehead atoms. The Hall–Kier alpha value is -4.82. The third-order valence-electron chi connectivity index (χ3n) is 9.34. The van der Waals surface area contributed by atoms with E-state index in [1.807, 2.05) is 0 Å². The van der Waals surface area contributed by atoms with Crippen LogP contribution in [0.5, 0.6) is 0 Å². The summed E-state index contributed by atoms with van der Waals surface area (Å²) in [5, 5.41) is 0. The van der Waals surface area contributed by atoms with E-state index in [2.05, 4.69) is 135 Å². The normalized spacial score (nSPS) is 13.3. The fraction of sp³-hybridized carbons (Fsp3) is 0.244. The molecular weight excluding hydrogens is 572 g/mol. The zero-order chi connectivity index (χ0) is 32.0. The zero-order valence-corrected chi connectivity index (χ0v) is 27.7. The molecule has 0 saturated carbocycles. The molecule has 0 radical (unpaired) electrons. The molecule has 2 nitrogen and oxygen atoms in total. The highest BCUT2D eigenvalue weighted by atomic mass is 16.3. The zero-order valence-electron chi connectivity index (χ0n) is 27.7. The first-order chi connectivity index (χ1) is 23.2. The molecule has 0 amide bonds. The predicted octanol–water partition coefficient (Wildman–Crippen LogP) is 12.9. The van der Waals surface area contributed by atoms with Gasteiger partial charge in [-0.1, -0.05) is 112 Å². The van der Waals surface area contributed by atoms with Gasteiger partial charge in [-0.3, -0.25) is 0 Å². The molecule has 0 aliphatic carbocycles. The van der Waals surface area contributed by atoms with Gasteiger partial charge in [0, 0.05) is 22.3 Å². The van der Waals surface area contributed by atoms with Gasteiger partial charge in [0.1, 0.15) is 23.0 Å². The second-order valence-electron chi connectivity index (χ2n) is 13.0. The van der Waals surface area contributed by atoms with Crippen LogP contribution in [0.3, 0.4) is 0 Å². The maximum atomic E-state index is 6.69. The SMILES string of the molecule is CCCCc1cc2oc1-c1cccc(c1)CCCc1cccc(c1)-c1oc(cc1CCCC)-c1cccc(c1)/C=C\c1cccc-2c1. The predicted molar refractivity (Wildman–Crippen MR) is 197 cm³/mol. The molecule has 0 unspecified atom stereocenters. The first-order valence-electron chi connectivity index (χ1n) is 17.5. The van der Waals surface area contributed by atoms with Crippen LogP contribution in [-0.2, 0) is 25.7 Å². The van der Waals surface area contributed by atoms with Crippen LogP contribution in [-0.4, -0.2) is 0 Å². The van der Waals surface area contributed by atoms with Gasteiger partial charge in [-0.25, -0.2) is 0 Å². The lowest BCUT2D eigenvalue weighted by molar-refractivity contribution is 0.592. The number of rotatable bonds is 6. The Morgan fingerprint density at radius 3 is 1.40 bits per heavy atom. The maximum absolute atomic E-state index is 6.69. The Morgan fingerprint density at radius 2 is 0.936 bits per heavy atom. The van der Waals surface area contributed by atoms with Crippen molar-refractivity contribution in [1.82, 2.24) is 0 Å². The minimum atomic E-state index is 0.930. The van der Waals surface area contributed by atoms with Crippen molar-refractivity contribution >= 4 is 12.2 Å². The van der Waals surface area contributed by atoms with E-state index in [1.54, 1.807) is 0 Å². The van der Waals surface area contributed by atoms with Gasteiger partial charge in [0.15, 0.2) is 0 Å². The van der Waals surface area contributed by atoms with E-state index in [9.17, 15) is 0 Å². The Balaban J connectivity index is 1.32. The molecule has 6 aromatic rings. The van der Waals surface area contributed by atoms with Gasteiger partial charge in [-0.15, -0.1) is 0 Å². The Labute approximate surface area is 279 Å². The summed E-state index contributed by atoms with van der Waals surface area (Å²) in [5.41, 5.74) is 12.1. The molecule has 236 valence electrons. The van der Waals surface area contributed by atoms with Crippen LogP contribution in [0.1, 0.15) is 79.3 Å². The first-order valence-corrected chi connectivity index (χ1v) is 17.5. The number of unbranched alkanes of at least 4 members (excludes halogenated alkanes) is 2. The lowest BCUT2D eigenvalue weighted by atomic mass is 9.97. The minimum Gasteiger partial charge on any atom is -0.456 e. The Morgan fingerprint density at radius 1 is 0.489 bits per heavy atom. The molecule has 1 aliphatic rings. The van der Waals surface area contributed by atoms with Gasteiger partial charge in [0.2, 0.25) is 0 Å². The van der Waals surface area contributed by atoms with Crippen LogP contribution in [0.2, 0.25) is 0 Å². The molecule has 0 fully saturated rings. The van der Waals surface area contributed by atoms with E-state index in [0.29, 0.717) is 0 Å². The van der Waals surface area contributed by atoms with Gasteiger partial charge < -0.3 is 8.83 Å². The largest absolute Gasteiger partial charge is 0.456 e. The standard InChI is InChI=1S/C45H44O2/c1-3-5-18-40-30-42-36-20-8-16-34(26-36)24-25-35-17-9-21-37(27-35)43-31-41(19-6-4-2)45(47-43)39-23-11-15-33(29-39)13-7-12-32-14-10-22-38(28-32)44(40)46-42/h8-11,14-17,20-31H,3-7,12-13,18-19H2,1-2H3/b25-24-. The third-order valence-corrected chi connectivity index (χ3v) is 9.34. The van der Waals surface area contributed by atoms with E-state index in [1.165, 1.54) is 33.4 Å². The van der Waals surface area contributed by atoms with Crippen molar-refractivity contribution in [3.63, 3.8) is 0 Å². The van der Waals surface area contributed by atoms with E-state index < -0.39 is 0 Å². The van der Waals surface area contributed by atoms with Gasteiger partial charge in [-0.2, -0.15) is 0 Å². The highest BCUT2D eigenvalue weighted by molar-refractivity contribution is 5.77. The molecule has 4 aromatic carbocycles. The lowest BCUT2D eigenvalue weighted by Crippen LogP contribution is -1.93. The second-order valence-corrected chi connectivity index (χ2v) is 13.0. The summed E-state index contributed by atoms with van der Waals surface area (Å²) in [7, 11) is 0. The molecule has 47 heavy (non-hydrogen) atoms. The lowest BCUT2D eigenvalue weighted by Gasteiger charge is -2.08. The molecule has 0 saturated heterocycles. The number of fused-ring (bicyclic) bond motifs is 16. The quantitative estimate of drug-likeness (QED) is 0.186. The van der Waals surface area contributed by atoms with Gasteiger partial charge in [0.25, 0.3) is 0 Å². The van der Waals surface area contributed by atoms with E-state index in [0.717, 1.165) is 103 Å². The Bertz CT molecular complexity index is 1860. The molecule has 3 heterocycles. The summed E-state index contributed by atoms with van der Waals surface area (Å²) in [5.74, 6) is 3.88. The number of aryl methyl sites for hydroxylation is 4. The summed E-state index contributed by atoms with van der Waals surface area (Å²) in [4.78, 5) is 0. The molecule has 1 aliphatic heterocycles. The summed E-state index contributed by atoms with van der Waals surface area (Å²) in [6, 6.07) is 39.8. The van der Waals surface area contributed by atoms with Crippen molar-refractivity contribution in [2.75, 3.05) is 0 Å². The van der Waals surface area contributed by atoms with Gasteiger partial charge in [-0.05, 0) is 115 Å². The minimum absolute atomic E-state index is 0.930. The maximum Gasteiger partial charge on any atom is 0.138 e. The second kappa shape index (κ2) is 14.3. The van der Waals surface area contributed by atoms with Crippen molar-refractivity contribution in [1.29, 1.82) is 0 Å². The molecular formula is C45H44O2. The molecule has 7 rings (SSSR count). The van der Waals surface area contributed by atoms with Crippen molar-refractivity contribution in [3.05, 3.63) is 143 Å². The number of hydrogen-bond donors (Lipinski definition) is 0. The highest BCUT2D eigenvalue weighted by Crippen LogP contribution is 2.37. The van der Waals surface area contributed by atoms with Crippen molar-refractivity contribution in [2.45, 2.75) is 71.6 Å². The average Bonchev–Trinajstić information content (AvgIpc) is 3.74. The smallest absolute Gasteiger partial charge is 0.138 e. The molecule has 0 spiro atoms. The van der Waals surface area contributed by atoms with E-state index in [4.69, 9.17) is 8.83 Å². The summed E-state index contributed by atoms with van der Waals surface area (Å²) in [6.45, 7) is 4.50. The van der Waals surface area contributed by atoms with Crippen molar-refractivity contribution in [2.24, 2.45) is 0 Å². The summed E-state index contributed by atoms with van der Waals surface area (Å²) < 4.78 is 13.4. The molecule has 0 atom stereocenters. The molecule has 2 heteroatoms. The summed E-state index contributed by atoms with van der Waals surface area (Å²) >= 11 is 0. The van der Waals surface area contributed by atoms with Gasteiger partial charge in [0.05, 0.1) is 0 Å². The first kappa shape index (κ1) is 30.8. The molecule has 0 N–H and O–H groups in total. The average molecular weight is 617 g/mol. The third kappa shape index (κ3) is 7.13. The number of hydrogen-bond acceptors (Lipinski definition) is 2. The van der Waals surface area contributed by atoms with Crippen LogP contribution in [0.4, 0.5) is 0 Å². The number of benzene rings is 4. The molecule has 2 aromatic heterocycles. The van der Waals surface area contributed by atoms with Crippen LogP contribution in [0.25, 0.3) is 57.4 Å². The Kier molecular flexibility index (Phi) is 9.38. The van der Waals surface area contributed by atoms with E-state index >= 15 is 0 Å². The van der Waals surface area contributed by atoms with Crippen LogP contribution in [0, 0.1) is 0 Å². The topological polar surface area (TPSA) is 26.3 Å². The van der Waals surface area contributed by atoms with Crippen LogP contribution >= 0.6 is 0 Å². The highest BCUT2D eigenvalue weighted by Gasteiger charge is 2.17. The van der Waals surface area contributed by atoms with Crippen LogP contribution < -0.4 is 0 Å². The fourth-order valence-corrected chi connectivity index (χ4v) is 6.75. The van der Waals surface area contributed by atoms with Crippen molar-refractivity contribution in [3.8, 4) is 45.3 Å².